The standard InChI is InChI=1S/C20H21ClN4O/c21-17-7-5-16(6-8-17)14-23-9-3-11-24(13-12-23)20(26)18-15-25-10-2-1-4-19(25)22-18/h1-2,4-8,10,15H,3,9,11-14H2. The Morgan fingerprint density at radius 3 is 2.69 bits per heavy atom. The number of carbonyl (C=O) groups excluding carboxylic acids is 1. The van der Waals surface area contributed by atoms with Gasteiger partial charge in [-0.25, -0.2) is 4.98 Å². The van der Waals surface area contributed by atoms with Crippen LogP contribution in [0, 0.1) is 0 Å². The van der Waals surface area contributed by atoms with Crippen LogP contribution >= 0.6 is 11.6 Å². The summed E-state index contributed by atoms with van der Waals surface area (Å²) < 4.78 is 1.89. The van der Waals surface area contributed by atoms with Crippen LogP contribution < -0.4 is 0 Å². The van der Waals surface area contributed by atoms with Crippen molar-refractivity contribution in [1.29, 1.82) is 0 Å². The van der Waals surface area contributed by atoms with Crippen LogP contribution in [0.5, 0.6) is 0 Å². The van der Waals surface area contributed by atoms with Crippen molar-refractivity contribution in [3.63, 3.8) is 0 Å². The van der Waals surface area contributed by atoms with Crippen molar-refractivity contribution in [3.8, 4) is 0 Å². The maximum atomic E-state index is 12.8. The highest BCUT2D eigenvalue weighted by molar-refractivity contribution is 6.30. The Morgan fingerprint density at radius 2 is 1.88 bits per heavy atom. The number of benzene rings is 1. The fourth-order valence-electron chi connectivity index (χ4n) is 3.38. The van der Waals surface area contributed by atoms with E-state index in [9.17, 15) is 4.79 Å². The molecule has 3 aromatic rings. The molecule has 1 amide bonds. The predicted molar refractivity (Wildman–Crippen MR) is 102 cm³/mol. The number of nitrogens with zero attached hydrogens (tertiary/aromatic N) is 4. The minimum absolute atomic E-state index is 0.0158. The van der Waals surface area contributed by atoms with Crippen LogP contribution in [0.2, 0.25) is 5.02 Å². The Balaban J connectivity index is 1.41. The Kier molecular flexibility index (Phi) is 4.91. The lowest BCUT2D eigenvalue weighted by Crippen LogP contribution is -2.35. The highest BCUT2D eigenvalue weighted by Gasteiger charge is 2.22. The van der Waals surface area contributed by atoms with Gasteiger partial charge in [-0.15, -0.1) is 0 Å². The van der Waals surface area contributed by atoms with Crippen LogP contribution in [0.15, 0.2) is 54.9 Å². The number of carbonyl (C=O) groups is 1. The lowest BCUT2D eigenvalue weighted by Gasteiger charge is -2.21. The van der Waals surface area contributed by atoms with Crippen LogP contribution in [-0.2, 0) is 6.54 Å². The minimum Gasteiger partial charge on any atom is -0.336 e. The molecule has 0 unspecified atom stereocenters. The lowest BCUT2D eigenvalue weighted by molar-refractivity contribution is 0.0756. The fourth-order valence-corrected chi connectivity index (χ4v) is 3.51. The number of pyridine rings is 1. The van der Waals surface area contributed by atoms with Gasteiger partial charge in [0, 0.05) is 50.1 Å². The molecule has 1 aromatic carbocycles. The van der Waals surface area contributed by atoms with E-state index in [0.29, 0.717) is 5.69 Å². The molecule has 0 aliphatic carbocycles. The Morgan fingerprint density at radius 1 is 1.04 bits per heavy atom. The van der Waals surface area contributed by atoms with E-state index < -0.39 is 0 Å². The van der Waals surface area contributed by atoms with Crippen molar-refractivity contribution in [2.45, 2.75) is 13.0 Å². The van der Waals surface area contributed by atoms with Crippen LogP contribution in [0.3, 0.4) is 0 Å². The van der Waals surface area contributed by atoms with Gasteiger partial charge in [0.05, 0.1) is 0 Å². The second kappa shape index (κ2) is 7.48. The van der Waals surface area contributed by atoms with E-state index in [-0.39, 0.29) is 5.91 Å². The molecule has 0 saturated carbocycles. The van der Waals surface area contributed by atoms with Crippen LogP contribution in [0.4, 0.5) is 0 Å². The lowest BCUT2D eigenvalue weighted by atomic mass is 10.2. The highest BCUT2D eigenvalue weighted by Crippen LogP contribution is 2.14. The molecule has 0 atom stereocenters. The molecule has 1 aliphatic rings. The molecular formula is C20H21ClN4O. The first-order valence-corrected chi connectivity index (χ1v) is 9.27. The molecular weight excluding hydrogens is 348 g/mol. The second-order valence-corrected chi connectivity index (χ2v) is 7.08. The number of hydrogen-bond acceptors (Lipinski definition) is 3. The quantitative estimate of drug-likeness (QED) is 0.712. The monoisotopic (exact) mass is 368 g/mol. The third-order valence-electron chi connectivity index (χ3n) is 4.78. The highest BCUT2D eigenvalue weighted by atomic mass is 35.5. The molecule has 0 N–H and O–H groups in total. The van der Waals surface area contributed by atoms with Gasteiger partial charge < -0.3 is 9.30 Å². The van der Waals surface area contributed by atoms with Crippen LogP contribution in [0.25, 0.3) is 5.65 Å². The van der Waals surface area contributed by atoms with Crippen molar-refractivity contribution >= 4 is 23.2 Å². The average Bonchev–Trinajstić information content (AvgIpc) is 2.96. The maximum Gasteiger partial charge on any atom is 0.274 e. The number of halogens is 1. The summed E-state index contributed by atoms with van der Waals surface area (Å²) in [6.07, 6.45) is 4.69. The summed E-state index contributed by atoms with van der Waals surface area (Å²) in [5.74, 6) is 0.0158. The summed E-state index contributed by atoms with van der Waals surface area (Å²) in [5, 5.41) is 0.758. The largest absolute Gasteiger partial charge is 0.336 e. The summed E-state index contributed by atoms with van der Waals surface area (Å²) in [6, 6.07) is 13.7. The van der Waals surface area contributed by atoms with Gasteiger partial charge in [-0.1, -0.05) is 29.8 Å². The molecule has 3 heterocycles. The first-order chi connectivity index (χ1) is 12.7. The summed E-state index contributed by atoms with van der Waals surface area (Å²) >= 11 is 5.96. The van der Waals surface area contributed by atoms with Gasteiger partial charge in [0.1, 0.15) is 11.3 Å². The van der Waals surface area contributed by atoms with Crippen LogP contribution in [0.1, 0.15) is 22.5 Å². The molecule has 0 spiro atoms. The van der Waals surface area contributed by atoms with E-state index in [1.54, 1.807) is 0 Å². The van der Waals surface area contributed by atoms with Gasteiger partial charge in [-0.3, -0.25) is 9.69 Å². The summed E-state index contributed by atoms with van der Waals surface area (Å²) in [7, 11) is 0. The molecule has 134 valence electrons. The van der Waals surface area contributed by atoms with E-state index >= 15 is 0 Å². The molecule has 1 fully saturated rings. The zero-order chi connectivity index (χ0) is 17.9. The zero-order valence-electron chi connectivity index (χ0n) is 14.5. The first kappa shape index (κ1) is 17.1. The molecule has 0 radical (unpaired) electrons. The zero-order valence-corrected chi connectivity index (χ0v) is 15.3. The first-order valence-electron chi connectivity index (χ1n) is 8.89. The Hall–Kier alpha value is -2.37. The van der Waals surface area contributed by atoms with Gasteiger partial charge >= 0.3 is 0 Å². The number of imidazole rings is 1. The molecule has 2 aromatic heterocycles. The van der Waals surface area contributed by atoms with Crippen molar-refractivity contribution in [2.24, 2.45) is 0 Å². The van der Waals surface area contributed by atoms with Gasteiger partial charge in [0.15, 0.2) is 0 Å². The number of aromatic nitrogens is 2. The summed E-state index contributed by atoms with van der Waals surface area (Å²) in [6.45, 7) is 4.22. The van der Waals surface area contributed by atoms with Crippen molar-refractivity contribution in [1.82, 2.24) is 19.2 Å². The third-order valence-corrected chi connectivity index (χ3v) is 5.03. The molecule has 4 rings (SSSR count). The van der Waals surface area contributed by atoms with E-state index in [2.05, 4.69) is 22.0 Å². The SMILES string of the molecule is O=C(c1cn2ccccc2n1)N1CCCN(Cc2ccc(Cl)cc2)CC1. The van der Waals surface area contributed by atoms with E-state index in [0.717, 1.165) is 49.8 Å². The number of rotatable bonds is 3. The maximum absolute atomic E-state index is 12.8. The average molecular weight is 369 g/mol. The van der Waals surface area contributed by atoms with E-state index in [4.69, 9.17) is 11.6 Å². The molecule has 1 saturated heterocycles. The van der Waals surface area contributed by atoms with Crippen molar-refractivity contribution in [3.05, 3.63) is 71.1 Å². The predicted octanol–water partition coefficient (Wildman–Crippen LogP) is 3.34. The summed E-state index contributed by atoms with van der Waals surface area (Å²) in [4.78, 5) is 21.6. The molecule has 0 bridgehead atoms. The topological polar surface area (TPSA) is 40.9 Å². The smallest absolute Gasteiger partial charge is 0.274 e. The van der Waals surface area contributed by atoms with Crippen LogP contribution in [-0.4, -0.2) is 51.3 Å². The van der Waals surface area contributed by atoms with Crippen molar-refractivity contribution < 1.29 is 4.79 Å². The van der Waals surface area contributed by atoms with Gasteiger partial charge in [0.2, 0.25) is 0 Å². The van der Waals surface area contributed by atoms with Gasteiger partial charge in [-0.05, 0) is 36.2 Å². The molecule has 1 aliphatic heterocycles. The Labute approximate surface area is 157 Å². The van der Waals surface area contributed by atoms with Gasteiger partial charge in [-0.2, -0.15) is 0 Å². The third kappa shape index (κ3) is 3.74. The molecule has 6 heteroatoms. The van der Waals surface area contributed by atoms with Gasteiger partial charge in [0.25, 0.3) is 5.91 Å². The number of amides is 1. The number of hydrogen-bond donors (Lipinski definition) is 0. The second-order valence-electron chi connectivity index (χ2n) is 6.64. The number of fused-ring (bicyclic) bond motifs is 1. The molecule has 5 nitrogen and oxygen atoms in total. The minimum atomic E-state index is 0.0158. The summed E-state index contributed by atoms with van der Waals surface area (Å²) in [5.41, 5.74) is 2.56. The molecule has 26 heavy (non-hydrogen) atoms. The van der Waals surface area contributed by atoms with E-state index in [1.807, 2.05) is 52.0 Å². The Bertz CT molecular complexity index is 873. The van der Waals surface area contributed by atoms with E-state index in [1.165, 1.54) is 5.56 Å². The fraction of sp³-hybridized carbons (Fsp3) is 0.300. The normalized spacial score (nSPS) is 16.0. The van der Waals surface area contributed by atoms with Crippen molar-refractivity contribution in [2.75, 3.05) is 26.2 Å².